The monoisotopic (exact) mass is 408 g/mol. The molecule has 0 aromatic heterocycles. The molecule has 1 aliphatic heterocycles. The van der Waals surface area contributed by atoms with Crippen LogP contribution in [0.25, 0.3) is 0 Å². The van der Waals surface area contributed by atoms with E-state index >= 15 is 0 Å². The number of hydrogen-bond donors (Lipinski definition) is 2. The molecule has 25 heavy (non-hydrogen) atoms. The molecule has 0 aliphatic carbocycles. The second kappa shape index (κ2) is 8.70. The Kier molecular flexibility index (Phi) is 6.87. The number of likely N-dealkylation sites (tertiary alicyclic amines) is 1. The van der Waals surface area contributed by atoms with Crippen molar-refractivity contribution in [1.29, 1.82) is 0 Å². The molecule has 1 aromatic rings. The van der Waals surface area contributed by atoms with Crippen LogP contribution in [0.1, 0.15) is 39.2 Å². The molecule has 0 spiro atoms. The Morgan fingerprint density at radius 1 is 1.40 bits per heavy atom. The van der Waals surface area contributed by atoms with Crippen molar-refractivity contribution in [3.63, 3.8) is 0 Å². The quantitative estimate of drug-likeness (QED) is 0.581. The van der Waals surface area contributed by atoms with Crippen molar-refractivity contribution < 1.29 is 4.79 Å². The van der Waals surface area contributed by atoms with E-state index in [0.717, 1.165) is 36.5 Å². The van der Waals surface area contributed by atoms with Gasteiger partial charge in [0.2, 0.25) is 5.91 Å². The first-order valence-electron chi connectivity index (χ1n) is 8.87. The highest BCUT2D eigenvalue weighted by Crippen LogP contribution is 2.29. The average Bonchev–Trinajstić information content (AvgIpc) is 3.06. The molecule has 1 unspecified atom stereocenters. The van der Waals surface area contributed by atoms with Crippen molar-refractivity contribution in [1.82, 2.24) is 15.5 Å². The van der Waals surface area contributed by atoms with Crippen molar-refractivity contribution in [2.75, 3.05) is 26.7 Å². The largest absolute Gasteiger partial charge is 0.356 e. The lowest BCUT2D eigenvalue weighted by Crippen LogP contribution is -2.48. The predicted molar refractivity (Wildman–Crippen MR) is 107 cm³/mol. The zero-order valence-corrected chi connectivity index (χ0v) is 17.2. The summed E-state index contributed by atoms with van der Waals surface area (Å²) in [7, 11) is 1.78. The van der Waals surface area contributed by atoms with Gasteiger partial charge in [-0.2, -0.15) is 0 Å². The summed E-state index contributed by atoms with van der Waals surface area (Å²) in [5.74, 6) is 1.01. The fourth-order valence-electron chi connectivity index (χ4n) is 3.13. The van der Waals surface area contributed by atoms with Gasteiger partial charge in [-0.05, 0) is 18.1 Å². The Balaban J connectivity index is 1.91. The third-order valence-corrected chi connectivity index (χ3v) is 5.40. The molecule has 1 aromatic carbocycles. The molecule has 2 rings (SSSR count). The van der Waals surface area contributed by atoms with E-state index in [1.165, 1.54) is 5.56 Å². The van der Waals surface area contributed by atoms with E-state index < -0.39 is 0 Å². The van der Waals surface area contributed by atoms with Crippen molar-refractivity contribution in [3.05, 3.63) is 34.3 Å². The number of halogens is 1. The average molecular weight is 409 g/mol. The molecule has 6 heteroatoms. The fourth-order valence-corrected chi connectivity index (χ4v) is 3.95. The third kappa shape index (κ3) is 5.21. The summed E-state index contributed by atoms with van der Waals surface area (Å²) >= 11 is 3.64. The second-order valence-electron chi connectivity index (χ2n) is 7.11. The minimum atomic E-state index is -0.0440. The van der Waals surface area contributed by atoms with Gasteiger partial charge < -0.3 is 15.5 Å². The number of nitrogens with zero attached hydrogens (tertiary/aromatic N) is 2. The van der Waals surface area contributed by atoms with Crippen LogP contribution in [-0.4, -0.2) is 49.5 Å². The summed E-state index contributed by atoms with van der Waals surface area (Å²) in [5, 5.41) is 6.88. The summed E-state index contributed by atoms with van der Waals surface area (Å²) in [5.41, 5.74) is 1.22. The molecule has 138 valence electrons. The zero-order chi connectivity index (χ0) is 18.4. The predicted octanol–water partition coefficient (Wildman–Crippen LogP) is 2.90. The third-order valence-electron chi connectivity index (χ3n) is 4.71. The van der Waals surface area contributed by atoms with E-state index in [2.05, 4.69) is 63.6 Å². The highest BCUT2D eigenvalue weighted by Gasteiger charge is 2.27. The van der Waals surface area contributed by atoms with Gasteiger partial charge in [0.15, 0.2) is 5.96 Å². The molecule has 1 atom stereocenters. The molecule has 1 saturated heterocycles. The topological polar surface area (TPSA) is 56.7 Å². The van der Waals surface area contributed by atoms with Gasteiger partial charge in [0, 0.05) is 49.0 Å². The Morgan fingerprint density at radius 3 is 2.76 bits per heavy atom. The minimum absolute atomic E-state index is 0.0440. The van der Waals surface area contributed by atoms with Crippen LogP contribution >= 0.6 is 15.9 Å². The summed E-state index contributed by atoms with van der Waals surface area (Å²) in [4.78, 5) is 18.1. The normalized spacial score (nSPS) is 18.4. The van der Waals surface area contributed by atoms with Gasteiger partial charge in [0.05, 0.1) is 0 Å². The van der Waals surface area contributed by atoms with Crippen molar-refractivity contribution in [2.45, 2.75) is 45.1 Å². The minimum Gasteiger partial charge on any atom is -0.356 e. The lowest BCUT2D eigenvalue weighted by Gasteiger charge is -2.28. The van der Waals surface area contributed by atoms with Gasteiger partial charge in [0.25, 0.3) is 0 Å². The molecule has 0 radical (unpaired) electrons. The smallest absolute Gasteiger partial charge is 0.222 e. The molecule has 1 aliphatic rings. The first-order valence-corrected chi connectivity index (χ1v) is 9.66. The maximum Gasteiger partial charge on any atom is 0.222 e. The Labute approximate surface area is 159 Å². The van der Waals surface area contributed by atoms with Gasteiger partial charge in [-0.3, -0.25) is 9.79 Å². The van der Waals surface area contributed by atoms with Gasteiger partial charge in [-0.1, -0.05) is 54.9 Å². The molecule has 1 heterocycles. The number of aliphatic imine (C=N–C) groups is 1. The summed E-state index contributed by atoms with van der Waals surface area (Å²) in [6, 6.07) is 8.57. The Morgan fingerprint density at radius 2 is 2.12 bits per heavy atom. The van der Waals surface area contributed by atoms with Gasteiger partial charge >= 0.3 is 0 Å². The van der Waals surface area contributed by atoms with Crippen LogP contribution in [0.3, 0.4) is 0 Å². The van der Waals surface area contributed by atoms with Crippen LogP contribution in [0.4, 0.5) is 0 Å². The van der Waals surface area contributed by atoms with Gasteiger partial charge in [-0.25, -0.2) is 0 Å². The van der Waals surface area contributed by atoms with E-state index in [4.69, 9.17) is 0 Å². The van der Waals surface area contributed by atoms with Crippen molar-refractivity contribution in [2.24, 2.45) is 4.99 Å². The summed E-state index contributed by atoms with van der Waals surface area (Å²) in [6.45, 7) is 8.67. The molecular weight excluding hydrogens is 380 g/mol. The Bertz CT molecular complexity index is 630. The van der Waals surface area contributed by atoms with E-state index in [9.17, 15) is 4.79 Å². The van der Waals surface area contributed by atoms with Crippen molar-refractivity contribution >= 4 is 27.8 Å². The number of nitrogens with one attached hydrogen (secondary N) is 2. The zero-order valence-electron chi connectivity index (χ0n) is 15.6. The van der Waals surface area contributed by atoms with Crippen molar-refractivity contribution in [3.8, 4) is 0 Å². The second-order valence-corrected chi connectivity index (χ2v) is 7.97. The molecule has 2 N–H and O–H groups in total. The van der Waals surface area contributed by atoms with Crippen LogP contribution in [0.5, 0.6) is 0 Å². The Hall–Kier alpha value is -1.56. The molecule has 0 bridgehead atoms. The first-order chi connectivity index (χ1) is 11.9. The highest BCUT2D eigenvalue weighted by molar-refractivity contribution is 9.10. The van der Waals surface area contributed by atoms with Crippen LogP contribution < -0.4 is 10.6 Å². The lowest BCUT2D eigenvalue weighted by molar-refractivity contribution is -0.129. The molecule has 0 saturated carbocycles. The maximum atomic E-state index is 11.8. The van der Waals surface area contributed by atoms with E-state index in [0.29, 0.717) is 6.42 Å². The highest BCUT2D eigenvalue weighted by atomic mass is 79.9. The number of carbonyl (C=O) groups excluding carboxylic acids is 1. The first kappa shape index (κ1) is 19.8. The standard InChI is InChI=1S/C19H29BrN4O/c1-5-17(25)24-11-10-14(12-24)23-18(21-4)22-13-19(2,3)15-8-6-7-9-16(15)20/h6-9,14H,5,10-13H2,1-4H3,(H2,21,22,23). The van der Waals surface area contributed by atoms with Crippen LogP contribution in [0, 0.1) is 0 Å². The molecular formula is C19H29BrN4O. The number of amides is 1. The molecule has 1 amide bonds. The summed E-state index contributed by atoms with van der Waals surface area (Å²) in [6.07, 6.45) is 1.53. The maximum absolute atomic E-state index is 11.8. The lowest BCUT2D eigenvalue weighted by atomic mass is 9.84. The number of hydrogen-bond acceptors (Lipinski definition) is 2. The van der Waals surface area contributed by atoms with E-state index in [1.54, 1.807) is 7.05 Å². The number of carbonyl (C=O) groups is 1. The molecule has 1 fully saturated rings. The number of benzene rings is 1. The number of rotatable bonds is 5. The van der Waals surface area contributed by atoms with Crippen LogP contribution in [-0.2, 0) is 10.2 Å². The van der Waals surface area contributed by atoms with Crippen LogP contribution in [0.15, 0.2) is 33.7 Å². The van der Waals surface area contributed by atoms with E-state index in [-0.39, 0.29) is 17.4 Å². The molecule has 5 nitrogen and oxygen atoms in total. The fraction of sp³-hybridized carbons (Fsp3) is 0.579. The van der Waals surface area contributed by atoms with Gasteiger partial charge in [0.1, 0.15) is 0 Å². The van der Waals surface area contributed by atoms with Crippen LogP contribution in [0.2, 0.25) is 0 Å². The SMILES string of the molecule is CCC(=O)N1CCC(NC(=NC)NCC(C)(C)c2ccccc2Br)C1. The van der Waals surface area contributed by atoms with E-state index in [1.807, 2.05) is 17.9 Å². The van der Waals surface area contributed by atoms with Gasteiger partial charge in [-0.15, -0.1) is 0 Å². The summed E-state index contributed by atoms with van der Waals surface area (Å²) < 4.78 is 1.12. The number of guanidine groups is 1.